The topological polar surface area (TPSA) is 87.5 Å². The van der Waals surface area contributed by atoms with Crippen LogP contribution < -0.4 is 15.9 Å². The van der Waals surface area contributed by atoms with Crippen LogP contribution in [0.1, 0.15) is 21.5 Å². The molecule has 0 aromatic heterocycles. The van der Waals surface area contributed by atoms with E-state index in [0.29, 0.717) is 5.56 Å². The molecule has 0 aliphatic carbocycles. The molecule has 0 unspecified atom stereocenters. The molecule has 0 fully saturated rings. The van der Waals surface area contributed by atoms with Gasteiger partial charge in [-0.15, -0.1) is 0 Å². The second kappa shape index (κ2) is 9.09. The number of nitrogens with two attached hydrogens (primary N) is 1. The minimum absolute atomic E-state index is 0.0858. The minimum Gasteiger partial charge on any atom is -0.328 e. The lowest BCUT2D eigenvalue weighted by molar-refractivity contribution is -0.137. The van der Waals surface area contributed by atoms with E-state index in [4.69, 9.17) is 5.73 Å². The van der Waals surface area contributed by atoms with E-state index in [1.54, 1.807) is 18.4 Å². The van der Waals surface area contributed by atoms with Crippen molar-refractivity contribution >= 4 is 30.0 Å². The summed E-state index contributed by atoms with van der Waals surface area (Å²) in [4.78, 5) is 26.3. The number of nitrogens with one attached hydrogen (secondary N) is 2. The Morgan fingerprint density at radius 3 is 2.57 bits per heavy atom. The van der Waals surface area contributed by atoms with Gasteiger partial charge < -0.3 is 11.1 Å². The van der Waals surface area contributed by atoms with Crippen LogP contribution in [0.2, 0.25) is 0 Å². The number of hydrogen-bond donors (Lipinski definition) is 3. The van der Waals surface area contributed by atoms with Gasteiger partial charge in [-0.3, -0.25) is 14.6 Å². The number of carbonyl (C=O) groups excluding carboxylic acids is 2. The Morgan fingerprint density at radius 1 is 1.29 bits per heavy atom. The summed E-state index contributed by atoms with van der Waals surface area (Å²) in [6.45, 7) is 0.159. The van der Waals surface area contributed by atoms with Crippen LogP contribution in [0, 0.1) is 0 Å². The molecule has 0 saturated heterocycles. The van der Waals surface area contributed by atoms with Gasteiger partial charge in [-0.1, -0.05) is 30.1 Å². The Balaban J connectivity index is 2.75. The van der Waals surface area contributed by atoms with Crippen LogP contribution in [0.3, 0.4) is 0 Å². The smallest absolute Gasteiger partial charge is 0.328 e. The Labute approximate surface area is 164 Å². The standard InChI is InChI=1S/C18H19F3N4O2S/c1-25(24-28-2)17(27)14-7-13(12-5-3-4-11(6-12)9-22)15(18(19,20)21)8-16(14)23-10-26/h3-8,10,24H,9,22H2,1-2H3,(H,23,26). The van der Waals surface area contributed by atoms with Crippen molar-refractivity contribution in [2.24, 2.45) is 5.73 Å². The summed E-state index contributed by atoms with van der Waals surface area (Å²) in [5, 5.41) is 3.30. The fraction of sp³-hybridized carbons (Fsp3) is 0.222. The SMILES string of the molecule is CSNN(C)C(=O)c1cc(-c2cccc(CN)c2)c(C(F)(F)F)cc1NC=O. The monoisotopic (exact) mass is 412 g/mol. The second-order valence-corrected chi connectivity index (χ2v) is 6.36. The fourth-order valence-electron chi connectivity index (χ4n) is 2.66. The molecular weight excluding hydrogens is 393 g/mol. The normalized spacial score (nSPS) is 11.2. The van der Waals surface area contributed by atoms with Crippen molar-refractivity contribution < 1.29 is 22.8 Å². The summed E-state index contributed by atoms with van der Waals surface area (Å²) in [7, 11) is 1.43. The molecule has 0 atom stereocenters. The maximum atomic E-state index is 13.7. The Bertz CT molecular complexity index is 874. The third-order valence-electron chi connectivity index (χ3n) is 3.91. The molecule has 0 aliphatic heterocycles. The lowest BCUT2D eigenvalue weighted by Gasteiger charge is -2.21. The first-order chi connectivity index (χ1) is 13.2. The summed E-state index contributed by atoms with van der Waals surface area (Å²) >= 11 is 1.14. The van der Waals surface area contributed by atoms with E-state index in [0.717, 1.165) is 29.1 Å². The number of carbonyl (C=O) groups is 2. The zero-order valence-electron chi connectivity index (χ0n) is 15.1. The second-order valence-electron chi connectivity index (χ2n) is 5.77. The van der Waals surface area contributed by atoms with Crippen LogP contribution in [0.15, 0.2) is 36.4 Å². The van der Waals surface area contributed by atoms with E-state index < -0.39 is 17.6 Å². The van der Waals surface area contributed by atoms with Crippen molar-refractivity contribution in [2.45, 2.75) is 12.7 Å². The third kappa shape index (κ3) is 4.83. The fourth-order valence-corrected chi connectivity index (χ4v) is 3.01. The van der Waals surface area contributed by atoms with Crippen LogP contribution in [-0.4, -0.2) is 30.6 Å². The predicted molar refractivity (Wildman–Crippen MR) is 103 cm³/mol. The molecule has 0 bridgehead atoms. The molecule has 2 rings (SSSR count). The molecule has 2 amide bonds. The number of rotatable bonds is 7. The number of nitrogens with zero attached hydrogens (tertiary/aromatic N) is 1. The minimum atomic E-state index is -4.70. The molecule has 0 saturated carbocycles. The molecule has 2 aromatic carbocycles. The molecule has 4 N–H and O–H groups in total. The predicted octanol–water partition coefficient (Wildman–Crippen LogP) is 3.25. The zero-order chi connectivity index (χ0) is 20.9. The molecule has 10 heteroatoms. The van der Waals surface area contributed by atoms with Gasteiger partial charge in [0.25, 0.3) is 5.91 Å². The molecule has 0 spiro atoms. The number of alkyl halides is 3. The van der Waals surface area contributed by atoms with Crippen LogP contribution in [0.5, 0.6) is 0 Å². The quantitative estimate of drug-likeness (QED) is 0.369. The Hall–Kier alpha value is -2.56. The highest BCUT2D eigenvalue weighted by Crippen LogP contribution is 2.40. The van der Waals surface area contributed by atoms with Gasteiger partial charge >= 0.3 is 6.18 Å². The molecule has 150 valence electrons. The van der Waals surface area contributed by atoms with Crippen molar-refractivity contribution in [3.8, 4) is 11.1 Å². The summed E-state index contributed by atoms with van der Waals surface area (Å²) in [5.74, 6) is -0.608. The van der Waals surface area contributed by atoms with Gasteiger partial charge in [0, 0.05) is 13.6 Å². The average Bonchev–Trinajstić information content (AvgIpc) is 2.67. The Kier molecular flexibility index (Phi) is 7.05. The van der Waals surface area contributed by atoms with E-state index in [-0.39, 0.29) is 35.3 Å². The molecule has 0 heterocycles. The third-order valence-corrected chi connectivity index (χ3v) is 4.37. The summed E-state index contributed by atoms with van der Waals surface area (Å²) < 4.78 is 41.1. The van der Waals surface area contributed by atoms with E-state index in [1.165, 1.54) is 19.2 Å². The van der Waals surface area contributed by atoms with Crippen molar-refractivity contribution in [2.75, 3.05) is 18.6 Å². The number of benzene rings is 2. The highest BCUT2D eigenvalue weighted by molar-refractivity contribution is 7.96. The van der Waals surface area contributed by atoms with E-state index in [1.807, 2.05) is 0 Å². The molecule has 0 radical (unpaired) electrons. The first-order valence-electron chi connectivity index (χ1n) is 8.04. The van der Waals surface area contributed by atoms with Gasteiger partial charge in [0.2, 0.25) is 6.41 Å². The highest BCUT2D eigenvalue weighted by atomic mass is 32.2. The number of amides is 2. The maximum Gasteiger partial charge on any atom is 0.417 e. The largest absolute Gasteiger partial charge is 0.417 e. The van der Waals surface area contributed by atoms with Crippen molar-refractivity contribution in [3.63, 3.8) is 0 Å². The number of hydrogen-bond acceptors (Lipinski definition) is 5. The van der Waals surface area contributed by atoms with Crippen molar-refractivity contribution in [1.82, 2.24) is 9.84 Å². The van der Waals surface area contributed by atoms with Crippen LogP contribution in [-0.2, 0) is 17.5 Å². The summed E-state index contributed by atoms with van der Waals surface area (Å²) in [5.41, 5.74) is 5.04. The van der Waals surface area contributed by atoms with Crippen LogP contribution in [0.25, 0.3) is 11.1 Å². The molecule has 6 nitrogen and oxygen atoms in total. The lowest BCUT2D eigenvalue weighted by Crippen LogP contribution is -2.35. The van der Waals surface area contributed by atoms with Gasteiger partial charge in [0.05, 0.1) is 16.8 Å². The van der Waals surface area contributed by atoms with Gasteiger partial charge in [-0.2, -0.15) is 18.0 Å². The van der Waals surface area contributed by atoms with Gasteiger partial charge in [-0.25, -0.2) is 0 Å². The van der Waals surface area contributed by atoms with Gasteiger partial charge in [-0.05, 0) is 41.1 Å². The Morgan fingerprint density at radius 2 is 2.00 bits per heavy atom. The van der Waals surface area contributed by atoms with Gasteiger partial charge in [0.1, 0.15) is 0 Å². The van der Waals surface area contributed by atoms with Gasteiger partial charge in [0.15, 0.2) is 0 Å². The first-order valence-corrected chi connectivity index (χ1v) is 9.26. The molecule has 2 aromatic rings. The van der Waals surface area contributed by atoms with E-state index in [9.17, 15) is 22.8 Å². The number of anilines is 1. The average molecular weight is 412 g/mol. The van der Waals surface area contributed by atoms with E-state index in [2.05, 4.69) is 10.1 Å². The summed E-state index contributed by atoms with van der Waals surface area (Å²) in [6, 6.07) is 8.23. The molecule has 28 heavy (non-hydrogen) atoms. The zero-order valence-corrected chi connectivity index (χ0v) is 15.9. The van der Waals surface area contributed by atoms with Crippen LogP contribution >= 0.6 is 11.9 Å². The summed E-state index contributed by atoms with van der Waals surface area (Å²) in [6.07, 6.45) is -2.79. The van der Waals surface area contributed by atoms with Crippen molar-refractivity contribution in [3.05, 3.63) is 53.1 Å². The number of hydrazine groups is 1. The maximum absolute atomic E-state index is 13.7. The highest BCUT2D eigenvalue weighted by Gasteiger charge is 2.35. The molecular formula is C18H19F3N4O2S. The first kappa shape index (κ1) is 21.7. The van der Waals surface area contributed by atoms with Crippen LogP contribution in [0.4, 0.5) is 18.9 Å². The molecule has 0 aliphatic rings. The van der Waals surface area contributed by atoms with Crippen molar-refractivity contribution in [1.29, 1.82) is 0 Å². The lowest BCUT2D eigenvalue weighted by atomic mass is 9.94. The number of halogens is 3. The van der Waals surface area contributed by atoms with E-state index >= 15 is 0 Å².